The summed E-state index contributed by atoms with van der Waals surface area (Å²) >= 11 is 0. The van der Waals surface area contributed by atoms with Gasteiger partial charge in [0.2, 0.25) is 0 Å². The summed E-state index contributed by atoms with van der Waals surface area (Å²) in [4.78, 5) is 0. The molecule has 0 N–H and O–H groups in total. The molecule has 5 rings (SSSR count). The SMILES string of the molecule is CC/C(=C(\c1ccccc1)c1ccc2c(cnn2C2CCCCO2)c1)c1ccc(OCCOC)cc1. The predicted octanol–water partition coefficient (Wildman–Crippen LogP) is 7.13. The molecule has 1 aromatic heterocycles. The Bertz CT molecular complexity index is 1300. The average molecular weight is 483 g/mol. The molecule has 1 saturated heterocycles. The van der Waals surface area contributed by atoms with Crippen LogP contribution in [0.2, 0.25) is 0 Å². The van der Waals surface area contributed by atoms with Crippen LogP contribution in [0, 0.1) is 0 Å². The van der Waals surface area contributed by atoms with Gasteiger partial charge in [0.1, 0.15) is 12.4 Å². The monoisotopic (exact) mass is 482 g/mol. The number of ether oxygens (including phenoxy) is 3. The van der Waals surface area contributed by atoms with E-state index in [4.69, 9.17) is 19.3 Å². The minimum absolute atomic E-state index is 0.0297. The van der Waals surface area contributed by atoms with Gasteiger partial charge in [-0.1, -0.05) is 55.5 Å². The Hall–Kier alpha value is -3.41. The summed E-state index contributed by atoms with van der Waals surface area (Å²) in [6.45, 7) is 4.15. The molecule has 1 unspecified atom stereocenters. The van der Waals surface area contributed by atoms with E-state index >= 15 is 0 Å². The van der Waals surface area contributed by atoms with Crippen molar-refractivity contribution in [2.45, 2.75) is 38.8 Å². The molecule has 0 radical (unpaired) electrons. The van der Waals surface area contributed by atoms with Crippen LogP contribution in [0.15, 0.2) is 79.0 Å². The van der Waals surface area contributed by atoms with Crippen LogP contribution in [0.5, 0.6) is 5.75 Å². The molecule has 1 atom stereocenters. The highest BCUT2D eigenvalue weighted by molar-refractivity contribution is 6.00. The molecule has 4 aromatic rings. The van der Waals surface area contributed by atoms with E-state index in [1.54, 1.807) is 7.11 Å². The molecule has 0 saturated carbocycles. The molecule has 1 fully saturated rings. The standard InChI is InChI=1S/C31H34N2O3/c1-3-28(23-12-15-27(16-13-23)35-20-19-34-2)31(24-9-5-4-6-10-24)25-14-17-29-26(21-25)22-32-33(29)30-11-7-8-18-36-30/h4-6,9-10,12-17,21-22,30H,3,7-8,11,18-20H2,1-2H3/b31-28-. The third kappa shape index (κ3) is 5.23. The van der Waals surface area contributed by atoms with E-state index in [9.17, 15) is 0 Å². The first kappa shape index (κ1) is 24.3. The number of hydrogen-bond donors (Lipinski definition) is 0. The first-order chi connectivity index (χ1) is 17.8. The van der Waals surface area contributed by atoms with Crippen molar-refractivity contribution in [2.75, 3.05) is 26.9 Å². The van der Waals surface area contributed by atoms with Crippen molar-refractivity contribution in [3.63, 3.8) is 0 Å². The molecule has 36 heavy (non-hydrogen) atoms. The molecule has 0 amide bonds. The summed E-state index contributed by atoms with van der Waals surface area (Å²) in [5.41, 5.74) is 7.25. The molecule has 1 aliphatic heterocycles. The zero-order chi connectivity index (χ0) is 24.7. The average Bonchev–Trinajstić information content (AvgIpc) is 3.37. The minimum Gasteiger partial charge on any atom is -0.491 e. The second-order valence-electron chi connectivity index (χ2n) is 9.12. The number of benzene rings is 3. The molecule has 5 heteroatoms. The molecule has 0 aliphatic carbocycles. The van der Waals surface area contributed by atoms with Gasteiger partial charge in [0.25, 0.3) is 0 Å². The van der Waals surface area contributed by atoms with Crippen LogP contribution in [-0.4, -0.2) is 36.7 Å². The topological polar surface area (TPSA) is 45.5 Å². The van der Waals surface area contributed by atoms with Crippen molar-refractivity contribution in [3.05, 3.63) is 95.7 Å². The maximum atomic E-state index is 6.01. The van der Waals surface area contributed by atoms with Crippen molar-refractivity contribution in [1.29, 1.82) is 0 Å². The Labute approximate surface area is 213 Å². The Morgan fingerprint density at radius 2 is 1.75 bits per heavy atom. The summed E-state index contributed by atoms with van der Waals surface area (Å²) < 4.78 is 18.9. The lowest BCUT2D eigenvalue weighted by molar-refractivity contribution is -0.0366. The van der Waals surface area contributed by atoms with Gasteiger partial charge in [0, 0.05) is 19.1 Å². The first-order valence-electron chi connectivity index (χ1n) is 12.9. The normalized spacial score (nSPS) is 16.7. The van der Waals surface area contributed by atoms with Crippen molar-refractivity contribution in [1.82, 2.24) is 9.78 Å². The number of allylic oxidation sites excluding steroid dienone is 1. The predicted molar refractivity (Wildman–Crippen MR) is 145 cm³/mol. The van der Waals surface area contributed by atoms with Gasteiger partial charge in [-0.25, -0.2) is 4.68 Å². The van der Waals surface area contributed by atoms with Crippen LogP contribution in [0.1, 0.15) is 55.5 Å². The quantitative estimate of drug-likeness (QED) is 0.188. The largest absolute Gasteiger partial charge is 0.491 e. The van der Waals surface area contributed by atoms with Crippen molar-refractivity contribution in [3.8, 4) is 5.75 Å². The highest BCUT2D eigenvalue weighted by atomic mass is 16.5. The van der Waals surface area contributed by atoms with Gasteiger partial charge in [0.15, 0.2) is 6.23 Å². The molecular formula is C31H34N2O3. The molecule has 0 bridgehead atoms. The van der Waals surface area contributed by atoms with E-state index in [-0.39, 0.29) is 6.23 Å². The Morgan fingerprint density at radius 3 is 2.47 bits per heavy atom. The van der Waals surface area contributed by atoms with Gasteiger partial charge in [-0.15, -0.1) is 0 Å². The zero-order valence-corrected chi connectivity index (χ0v) is 21.2. The summed E-state index contributed by atoms with van der Waals surface area (Å²) in [6.07, 6.45) is 6.23. The van der Waals surface area contributed by atoms with Gasteiger partial charge in [-0.05, 0) is 77.8 Å². The molecule has 186 valence electrons. The fourth-order valence-electron chi connectivity index (χ4n) is 5.00. The smallest absolute Gasteiger partial charge is 0.150 e. The van der Waals surface area contributed by atoms with E-state index < -0.39 is 0 Å². The van der Waals surface area contributed by atoms with E-state index in [1.807, 2.05) is 23.0 Å². The first-order valence-corrected chi connectivity index (χ1v) is 12.9. The summed E-state index contributed by atoms with van der Waals surface area (Å²) in [6, 6.07) is 25.7. The van der Waals surface area contributed by atoms with E-state index in [1.165, 1.54) is 34.3 Å². The molecule has 2 heterocycles. The van der Waals surface area contributed by atoms with Crippen LogP contribution < -0.4 is 4.74 Å². The maximum Gasteiger partial charge on any atom is 0.150 e. The molecule has 0 spiro atoms. The highest BCUT2D eigenvalue weighted by Gasteiger charge is 2.20. The summed E-state index contributed by atoms with van der Waals surface area (Å²) in [7, 11) is 1.68. The van der Waals surface area contributed by atoms with Crippen LogP contribution in [-0.2, 0) is 9.47 Å². The molecule has 3 aromatic carbocycles. The lowest BCUT2D eigenvalue weighted by Crippen LogP contribution is -2.18. The number of fused-ring (bicyclic) bond motifs is 1. The Morgan fingerprint density at radius 1 is 0.944 bits per heavy atom. The fraction of sp³-hybridized carbons (Fsp3) is 0.323. The van der Waals surface area contributed by atoms with E-state index in [0.717, 1.165) is 42.5 Å². The molecular weight excluding hydrogens is 448 g/mol. The van der Waals surface area contributed by atoms with Crippen molar-refractivity contribution in [2.24, 2.45) is 0 Å². The van der Waals surface area contributed by atoms with Crippen molar-refractivity contribution < 1.29 is 14.2 Å². The number of aromatic nitrogens is 2. The molecule has 5 nitrogen and oxygen atoms in total. The van der Waals surface area contributed by atoms with Gasteiger partial charge in [0.05, 0.1) is 18.3 Å². The van der Waals surface area contributed by atoms with Gasteiger partial charge >= 0.3 is 0 Å². The fourth-order valence-corrected chi connectivity index (χ4v) is 5.00. The zero-order valence-electron chi connectivity index (χ0n) is 21.2. The number of rotatable bonds is 9. The van der Waals surface area contributed by atoms with Crippen LogP contribution in [0.25, 0.3) is 22.0 Å². The number of nitrogens with zero attached hydrogens (tertiary/aromatic N) is 2. The lowest BCUT2D eigenvalue weighted by atomic mass is 9.88. The third-order valence-corrected chi connectivity index (χ3v) is 6.79. The third-order valence-electron chi connectivity index (χ3n) is 6.79. The van der Waals surface area contributed by atoms with Crippen molar-refractivity contribution >= 4 is 22.0 Å². The number of methoxy groups -OCH3 is 1. The van der Waals surface area contributed by atoms with Crippen LogP contribution in [0.3, 0.4) is 0 Å². The Kier molecular flexibility index (Phi) is 7.79. The van der Waals surface area contributed by atoms with Gasteiger partial charge < -0.3 is 14.2 Å². The number of hydrogen-bond acceptors (Lipinski definition) is 4. The Balaban J connectivity index is 1.56. The van der Waals surface area contributed by atoms with E-state index in [2.05, 4.69) is 67.6 Å². The van der Waals surface area contributed by atoms with Crippen LogP contribution in [0.4, 0.5) is 0 Å². The highest BCUT2D eigenvalue weighted by Crippen LogP contribution is 2.36. The second-order valence-corrected chi connectivity index (χ2v) is 9.12. The molecule has 1 aliphatic rings. The second kappa shape index (κ2) is 11.5. The van der Waals surface area contributed by atoms with Gasteiger partial charge in [-0.3, -0.25) is 0 Å². The summed E-state index contributed by atoms with van der Waals surface area (Å²) in [5, 5.41) is 5.84. The minimum atomic E-state index is 0.0297. The lowest BCUT2D eigenvalue weighted by Gasteiger charge is -2.23. The van der Waals surface area contributed by atoms with Gasteiger partial charge in [-0.2, -0.15) is 5.10 Å². The van der Waals surface area contributed by atoms with Crippen LogP contribution >= 0.6 is 0 Å². The summed E-state index contributed by atoms with van der Waals surface area (Å²) in [5.74, 6) is 0.853. The maximum absolute atomic E-state index is 6.01. The van der Waals surface area contributed by atoms with E-state index in [0.29, 0.717) is 13.2 Å².